The molecule has 4 rings (SSSR count). The Morgan fingerprint density at radius 1 is 1.25 bits per heavy atom. The number of nitrogens with zero attached hydrogens (tertiary/aromatic N) is 3. The fourth-order valence-corrected chi connectivity index (χ4v) is 4.50. The minimum Gasteiger partial charge on any atom is -0.343 e. The molecule has 7 heteroatoms. The van der Waals surface area contributed by atoms with Gasteiger partial charge in [0.25, 0.3) is 5.56 Å². The number of likely N-dealkylation sites (tertiary alicyclic amines) is 1. The summed E-state index contributed by atoms with van der Waals surface area (Å²) in [6.45, 7) is 3.78. The molecule has 3 aromatic rings. The van der Waals surface area contributed by atoms with E-state index in [1.807, 2.05) is 41.5 Å². The van der Waals surface area contributed by atoms with Crippen molar-refractivity contribution in [3.63, 3.8) is 0 Å². The first-order chi connectivity index (χ1) is 13.5. The van der Waals surface area contributed by atoms with Crippen molar-refractivity contribution in [2.24, 2.45) is 5.73 Å². The molecule has 0 saturated carbocycles. The molecule has 1 fully saturated rings. The molecule has 1 aliphatic heterocycles. The van der Waals surface area contributed by atoms with E-state index >= 15 is 0 Å². The van der Waals surface area contributed by atoms with Crippen LogP contribution in [0.4, 0.5) is 0 Å². The number of thiophene rings is 1. The average Bonchev–Trinajstić information content (AvgIpc) is 3.13. The molecule has 146 valence electrons. The molecule has 1 amide bonds. The van der Waals surface area contributed by atoms with Crippen LogP contribution in [0, 0.1) is 6.92 Å². The van der Waals surface area contributed by atoms with Crippen LogP contribution in [-0.4, -0.2) is 39.5 Å². The van der Waals surface area contributed by atoms with E-state index in [1.54, 1.807) is 10.9 Å². The van der Waals surface area contributed by atoms with Crippen LogP contribution in [0.15, 0.2) is 40.8 Å². The molecule has 1 aliphatic rings. The van der Waals surface area contributed by atoms with Gasteiger partial charge in [-0.15, -0.1) is 11.3 Å². The highest BCUT2D eigenvalue weighted by Gasteiger charge is 2.20. The first-order valence-corrected chi connectivity index (χ1v) is 10.5. The van der Waals surface area contributed by atoms with Gasteiger partial charge < -0.3 is 10.6 Å². The molecule has 0 spiro atoms. The van der Waals surface area contributed by atoms with Gasteiger partial charge in [-0.1, -0.05) is 29.8 Å². The third-order valence-electron chi connectivity index (χ3n) is 5.38. The summed E-state index contributed by atoms with van der Waals surface area (Å²) in [6.07, 6.45) is 3.54. The van der Waals surface area contributed by atoms with Crippen LogP contribution < -0.4 is 11.3 Å². The van der Waals surface area contributed by atoms with Gasteiger partial charge in [0.15, 0.2) is 0 Å². The summed E-state index contributed by atoms with van der Waals surface area (Å²) < 4.78 is 1.56. The Labute approximate surface area is 167 Å². The SMILES string of the molecule is Cc1ccc(-c2csc3ncn(CCC(=O)N4CCC(N)CC4)c(=O)c23)cc1. The van der Waals surface area contributed by atoms with Crippen molar-refractivity contribution in [3.05, 3.63) is 51.9 Å². The maximum atomic E-state index is 13.1. The summed E-state index contributed by atoms with van der Waals surface area (Å²) >= 11 is 1.47. The Hall–Kier alpha value is -2.51. The van der Waals surface area contributed by atoms with Crippen molar-refractivity contribution >= 4 is 27.5 Å². The highest BCUT2D eigenvalue weighted by molar-refractivity contribution is 7.17. The lowest BCUT2D eigenvalue weighted by Crippen LogP contribution is -2.43. The zero-order valence-electron chi connectivity index (χ0n) is 15.9. The maximum absolute atomic E-state index is 13.1. The van der Waals surface area contributed by atoms with Gasteiger partial charge >= 0.3 is 0 Å². The van der Waals surface area contributed by atoms with E-state index in [1.165, 1.54) is 16.9 Å². The fraction of sp³-hybridized carbons (Fsp3) is 0.381. The van der Waals surface area contributed by atoms with Crippen molar-refractivity contribution < 1.29 is 4.79 Å². The number of nitrogens with two attached hydrogens (primary N) is 1. The molecule has 0 atom stereocenters. The van der Waals surface area contributed by atoms with Gasteiger partial charge in [0.1, 0.15) is 4.83 Å². The summed E-state index contributed by atoms with van der Waals surface area (Å²) in [6, 6.07) is 8.32. The summed E-state index contributed by atoms with van der Waals surface area (Å²) in [4.78, 5) is 32.6. The quantitative estimate of drug-likeness (QED) is 0.735. The standard InChI is InChI=1S/C21H24N4O2S/c1-14-2-4-15(5-3-14)17-12-28-20-19(17)21(27)25(13-23-20)11-8-18(26)24-9-6-16(22)7-10-24/h2-5,12-13,16H,6-11,22H2,1H3. The lowest BCUT2D eigenvalue weighted by Gasteiger charge is -2.30. The molecule has 0 radical (unpaired) electrons. The second-order valence-electron chi connectivity index (χ2n) is 7.41. The van der Waals surface area contributed by atoms with Gasteiger partial charge in [-0.25, -0.2) is 4.98 Å². The number of hydrogen-bond acceptors (Lipinski definition) is 5. The van der Waals surface area contributed by atoms with Crippen LogP contribution in [0.3, 0.4) is 0 Å². The molecule has 1 saturated heterocycles. The Balaban J connectivity index is 1.56. The molecule has 28 heavy (non-hydrogen) atoms. The largest absolute Gasteiger partial charge is 0.343 e. The molecular formula is C21H24N4O2S. The van der Waals surface area contributed by atoms with Crippen LogP contribution in [0.2, 0.25) is 0 Å². The minimum absolute atomic E-state index is 0.0722. The van der Waals surface area contributed by atoms with Gasteiger partial charge in [-0.3, -0.25) is 14.2 Å². The fourth-order valence-electron chi connectivity index (χ4n) is 3.60. The maximum Gasteiger partial charge on any atom is 0.262 e. The summed E-state index contributed by atoms with van der Waals surface area (Å²) in [5.74, 6) is 0.0722. The highest BCUT2D eigenvalue weighted by atomic mass is 32.1. The van der Waals surface area contributed by atoms with Crippen LogP contribution in [0.5, 0.6) is 0 Å². The number of fused-ring (bicyclic) bond motifs is 1. The molecule has 0 unspecified atom stereocenters. The Morgan fingerprint density at radius 3 is 2.68 bits per heavy atom. The number of rotatable bonds is 4. The van der Waals surface area contributed by atoms with Crippen molar-refractivity contribution in [2.75, 3.05) is 13.1 Å². The van der Waals surface area contributed by atoms with Crippen LogP contribution in [0.25, 0.3) is 21.3 Å². The predicted octanol–water partition coefficient (Wildman–Crippen LogP) is 2.77. The zero-order valence-corrected chi connectivity index (χ0v) is 16.7. The highest BCUT2D eigenvalue weighted by Crippen LogP contribution is 2.30. The normalized spacial score (nSPS) is 15.3. The van der Waals surface area contributed by atoms with E-state index in [2.05, 4.69) is 4.98 Å². The third kappa shape index (κ3) is 3.72. The number of amides is 1. The van der Waals surface area contributed by atoms with E-state index in [-0.39, 0.29) is 17.5 Å². The summed E-state index contributed by atoms with van der Waals surface area (Å²) in [5.41, 5.74) is 8.91. The topological polar surface area (TPSA) is 81.2 Å². The van der Waals surface area contributed by atoms with E-state index in [9.17, 15) is 9.59 Å². The zero-order chi connectivity index (χ0) is 19.7. The molecule has 2 N–H and O–H groups in total. The van der Waals surface area contributed by atoms with Crippen molar-refractivity contribution in [1.29, 1.82) is 0 Å². The van der Waals surface area contributed by atoms with Gasteiger partial charge in [-0.2, -0.15) is 0 Å². The van der Waals surface area contributed by atoms with E-state index in [0.29, 0.717) is 31.4 Å². The van der Waals surface area contributed by atoms with Gasteiger partial charge in [0, 0.05) is 43.0 Å². The number of carbonyl (C=O) groups is 1. The number of aryl methyl sites for hydroxylation is 2. The van der Waals surface area contributed by atoms with Gasteiger partial charge in [-0.05, 0) is 25.3 Å². The van der Waals surface area contributed by atoms with E-state index < -0.39 is 0 Å². The molecule has 1 aromatic carbocycles. The van der Waals surface area contributed by atoms with E-state index in [0.717, 1.165) is 28.8 Å². The summed E-state index contributed by atoms with van der Waals surface area (Å²) in [7, 11) is 0. The third-order valence-corrected chi connectivity index (χ3v) is 6.27. The van der Waals surface area contributed by atoms with E-state index in [4.69, 9.17) is 5.73 Å². The number of benzene rings is 1. The summed E-state index contributed by atoms with van der Waals surface area (Å²) in [5, 5.41) is 2.61. The van der Waals surface area contributed by atoms with Crippen molar-refractivity contribution in [2.45, 2.75) is 38.8 Å². The first kappa shape index (κ1) is 18.8. The molecule has 0 aliphatic carbocycles. The molecular weight excluding hydrogens is 372 g/mol. The lowest BCUT2D eigenvalue weighted by molar-refractivity contribution is -0.132. The van der Waals surface area contributed by atoms with Crippen molar-refractivity contribution in [1.82, 2.24) is 14.5 Å². The molecule has 2 aromatic heterocycles. The second-order valence-corrected chi connectivity index (χ2v) is 8.26. The molecule has 3 heterocycles. The van der Waals surface area contributed by atoms with Crippen LogP contribution >= 0.6 is 11.3 Å². The first-order valence-electron chi connectivity index (χ1n) is 9.60. The van der Waals surface area contributed by atoms with Crippen LogP contribution in [0.1, 0.15) is 24.8 Å². The lowest BCUT2D eigenvalue weighted by atomic mass is 10.1. The minimum atomic E-state index is -0.0877. The smallest absolute Gasteiger partial charge is 0.262 e. The van der Waals surface area contributed by atoms with Crippen LogP contribution in [-0.2, 0) is 11.3 Å². The number of piperidine rings is 1. The monoisotopic (exact) mass is 396 g/mol. The van der Waals surface area contributed by atoms with Crippen molar-refractivity contribution in [3.8, 4) is 11.1 Å². The van der Waals surface area contributed by atoms with Gasteiger partial charge in [0.05, 0.1) is 11.7 Å². The number of aromatic nitrogens is 2. The molecule has 0 bridgehead atoms. The average molecular weight is 397 g/mol. The Kier molecular flexibility index (Phi) is 5.28. The predicted molar refractivity (Wildman–Crippen MR) is 112 cm³/mol. The number of carbonyl (C=O) groups excluding carboxylic acids is 1. The van der Waals surface area contributed by atoms with Gasteiger partial charge in [0.2, 0.25) is 5.91 Å². The Bertz CT molecular complexity index is 1050. The molecule has 6 nitrogen and oxygen atoms in total. The Morgan fingerprint density at radius 2 is 1.96 bits per heavy atom. The second kappa shape index (κ2) is 7.85. The number of hydrogen-bond donors (Lipinski definition) is 1.